The maximum atomic E-state index is 12.3. The van der Waals surface area contributed by atoms with Crippen LogP contribution < -0.4 is 5.32 Å². The smallest absolute Gasteiger partial charge is 0.251 e. The van der Waals surface area contributed by atoms with Crippen LogP contribution >= 0.6 is 0 Å². The Hall–Kier alpha value is -1.35. The van der Waals surface area contributed by atoms with Gasteiger partial charge in [-0.2, -0.15) is 0 Å². The zero-order valence-corrected chi connectivity index (χ0v) is 12.6. The number of nitrogens with one attached hydrogen (secondary N) is 1. The van der Waals surface area contributed by atoms with Gasteiger partial charge < -0.3 is 10.2 Å². The van der Waals surface area contributed by atoms with Gasteiger partial charge in [-0.1, -0.05) is 32.0 Å². The molecule has 0 atom stereocenters. The number of nitrogens with zero attached hydrogens (tertiary/aromatic N) is 1. The molecule has 1 aromatic rings. The Morgan fingerprint density at radius 3 is 2.42 bits per heavy atom. The van der Waals surface area contributed by atoms with Crippen LogP contribution in [0.25, 0.3) is 0 Å². The lowest BCUT2D eigenvalue weighted by Crippen LogP contribution is -2.34. The Morgan fingerprint density at radius 2 is 1.84 bits per heavy atom. The number of amides is 1. The molecule has 0 unspecified atom stereocenters. The summed E-state index contributed by atoms with van der Waals surface area (Å²) in [6.07, 6.45) is 2.85. The summed E-state index contributed by atoms with van der Waals surface area (Å²) in [6, 6.07) is 8.17. The van der Waals surface area contributed by atoms with Gasteiger partial charge in [0.25, 0.3) is 5.91 Å². The predicted octanol–water partition coefficient (Wildman–Crippen LogP) is 2.71. The van der Waals surface area contributed by atoms with E-state index in [-0.39, 0.29) is 11.9 Å². The lowest BCUT2D eigenvalue weighted by molar-refractivity contribution is 0.0934. The monoisotopic (exact) mass is 262 g/mol. The first kappa shape index (κ1) is 15.7. The van der Waals surface area contributed by atoms with Crippen molar-refractivity contribution in [2.24, 2.45) is 0 Å². The number of benzene rings is 1. The second-order valence-electron chi connectivity index (χ2n) is 5.20. The molecule has 1 rings (SSSR count). The van der Waals surface area contributed by atoms with Crippen molar-refractivity contribution in [2.45, 2.75) is 39.2 Å². The molecular weight excluding hydrogens is 236 g/mol. The summed E-state index contributed by atoms with van der Waals surface area (Å²) < 4.78 is 0. The Balaban J connectivity index is 2.78. The van der Waals surface area contributed by atoms with Crippen LogP contribution in [0.5, 0.6) is 0 Å². The van der Waals surface area contributed by atoms with Gasteiger partial charge in [0.1, 0.15) is 0 Å². The van der Waals surface area contributed by atoms with E-state index in [4.69, 9.17) is 0 Å². The van der Waals surface area contributed by atoms with Crippen LogP contribution in [-0.2, 0) is 6.42 Å². The molecule has 0 radical (unpaired) electrons. The molecule has 0 heterocycles. The van der Waals surface area contributed by atoms with Crippen LogP contribution in [0.3, 0.4) is 0 Å². The van der Waals surface area contributed by atoms with Crippen molar-refractivity contribution in [3.05, 3.63) is 35.4 Å². The molecule has 3 nitrogen and oxygen atoms in total. The molecule has 1 aromatic carbocycles. The van der Waals surface area contributed by atoms with Gasteiger partial charge in [0.2, 0.25) is 0 Å². The lowest BCUT2D eigenvalue weighted by atomic mass is 10.0. The highest BCUT2D eigenvalue weighted by atomic mass is 16.1. The zero-order valence-electron chi connectivity index (χ0n) is 12.6. The molecule has 0 aliphatic heterocycles. The first-order valence-electron chi connectivity index (χ1n) is 7.12. The van der Waals surface area contributed by atoms with Crippen molar-refractivity contribution in [3.8, 4) is 0 Å². The summed E-state index contributed by atoms with van der Waals surface area (Å²) >= 11 is 0. The minimum atomic E-state index is 0.0584. The number of hydrogen-bond acceptors (Lipinski definition) is 2. The fraction of sp³-hybridized carbons (Fsp3) is 0.562. The quantitative estimate of drug-likeness (QED) is 0.819. The SMILES string of the molecule is CCC(CC)NC(=O)c1ccccc1CCN(C)C. The van der Waals surface area contributed by atoms with E-state index in [1.54, 1.807) is 0 Å². The average molecular weight is 262 g/mol. The van der Waals surface area contributed by atoms with Gasteiger partial charge in [-0.15, -0.1) is 0 Å². The Bertz CT molecular complexity index is 397. The van der Waals surface area contributed by atoms with E-state index < -0.39 is 0 Å². The summed E-state index contributed by atoms with van der Waals surface area (Å²) in [6.45, 7) is 5.16. The van der Waals surface area contributed by atoms with Crippen LogP contribution in [0.1, 0.15) is 42.6 Å². The predicted molar refractivity (Wildman–Crippen MR) is 80.5 cm³/mol. The normalized spacial score (nSPS) is 11.1. The molecule has 3 heteroatoms. The van der Waals surface area contributed by atoms with Gasteiger partial charge in [-0.25, -0.2) is 0 Å². The molecule has 1 amide bonds. The molecule has 106 valence electrons. The van der Waals surface area contributed by atoms with Crippen molar-refractivity contribution in [3.63, 3.8) is 0 Å². The molecule has 0 fully saturated rings. The van der Waals surface area contributed by atoms with Gasteiger partial charge in [-0.05, 0) is 45.0 Å². The van der Waals surface area contributed by atoms with Gasteiger partial charge in [-0.3, -0.25) is 4.79 Å². The van der Waals surface area contributed by atoms with E-state index in [0.29, 0.717) is 0 Å². The number of rotatable bonds is 7. The summed E-state index contributed by atoms with van der Waals surface area (Å²) in [5.41, 5.74) is 1.94. The first-order valence-corrected chi connectivity index (χ1v) is 7.12. The van der Waals surface area contributed by atoms with E-state index in [0.717, 1.165) is 36.9 Å². The number of carbonyl (C=O) groups is 1. The van der Waals surface area contributed by atoms with E-state index in [9.17, 15) is 4.79 Å². The van der Waals surface area contributed by atoms with Crippen molar-refractivity contribution < 1.29 is 4.79 Å². The zero-order chi connectivity index (χ0) is 14.3. The maximum absolute atomic E-state index is 12.3. The fourth-order valence-electron chi connectivity index (χ4n) is 2.06. The van der Waals surface area contributed by atoms with Crippen molar-refractivity contribution >= 4 is 5.91 Å². The fourth-order valence-corrected chi connectivity index (χ4v) is 2.06. The maximum Gasteiger partial charge on any atom is 0.251 e. The summed E-state index contributed by atoms with van der Waals surface area (Å²) in [4.78, 5) is 14.4. The third kappa shape index (κ3) is 5.03. The molecule has 0 spiro atoms. The van der Waals surface area contributed by atoms with E-state index in [2.05, 4.69) is 24.1 Å². The second kappa shape index (κ2) is 7.95. The lowest BCUT2D eigenvalue weighted by Gasteiger charge is -2.17. The third-order valence-corrected chi connectivity index (χ3v) is 3.41. The Kier molecular flexibility index (Phi) is 6.57. The highest BCUT2D eigenvalue weighted by Crippen LogP contribution is 2.11. The van der Waals surface area contributed by atoms with E-state index in [1.807, 2.05) is 38.4 Å². The van der Waals surface area contributed by atoms with E-state index >= 15 is 0 Å². The molecular formula is C16H26N2O. The van der Waals surface area contributed by atoms with Crippen LogP contribution in [0.15, 0.2) is 24.3 Å². The average Bonchev–Trinajstić information content (AvgIpc) is 2.42. The number of hydrogen-bond donors (Lipinski definition) is 1. The van der Waals surface area contributed by atoms with Crippen LogP contribution in [-0.4, -0.2) is 37.5 Å². The van der Waals surface area contributed by atoms with Crippen molar-refractivity contribution in [1.29, 1.82) is 0 Å². The summed E-state index contributed by atoms with van der Waals surface area (Å²) in [7, 11) is 4.10. The highest BCUT2D eigenvalue weighted by molar-refractivity contribution is 5.95. The standard InChI is InChI=1S/C16H26N2O/c1-5-14(6-2)17-16(19)15-10-8-7-9-13(15)11-12-18(3)4/h7-10,14H,5-6,11-12H2,1-4H3,(H,17,19). The van der Waals surface area contributed by atoms with Gasteiger partial charge in [0, 0.05) is 18.2 Å². The van der Waals surface area contributed by atoms with Gasteiger partial charge >= 0.3 is 0 Å². The molecule has 1 N–H and O–H groups in total. The highest BCUT2D eigenvalue weighted by Gasteiger charge is 2.13. The Labute approximate surface area is 117 Å². The van der Waals surface area contributed by atoms with Crippen LogP contribution in [0.2, 0.25) is 0 Å². The van der Waals surface area contributed by atoms with Crippen LogP contribution in [0, 0.1) is 0 Å². The molecule has 0 aromatic heterocycles. The summed E-state index contributed by atoms with van der Waals surface area (Å²) in [5, 5.41) is 3.11. The van der Waals surface area contributed by atoms with E-state index in [1.165, 1.54) is 0 Å². The summed E-state index contributed by atoms with van der Waals surface area (Å²) in [5.74, 6) is 0.0584. The molecule has 0 saturated heterocycles. The van der Waals surface area contributed by atoms with Crippen molar-refractivity contribution in [2.75, 3.05) is 20.6 Å². The number of likely N-dealkylation sites (N-methyl/N-ethyl adjacent to an activating group) is 1. The minimum Gasteiger partial charge on any atom is -0.349 e. The topological polar surface area (TPSA) is 32.3 Å². The molecule has 0 bridgehead atoms. The molecule has 19 heavy (non-hydrogen) atoms. The molecule has 0 aliphatic rings. The van der Waals surface area contributed by atoms with Crippen LogP contribution in [0.4, 0.5) is 0 Å². The second-order valence-corrected chi connectivity index (χ2v) is 5.20. The molecule has 0 aliphatic carbocycles. The number of carbonyl (C=O) groups excluding carboxylic acids is 1. The minimum absolute atomic E-state index is 0.0584. The molecule has 0 saturated carbocycles. The largest absolute Gasteiger partial charge is 0.349 e. The van der Waals surface area contributed by atoms with Crippen molar-refractivity contribution in [1.82, 2.24) is 10.2 Å². The first-order chi connectivity index (χ1) is 9.08. The third-order valence-electron chi connectivity index (χ3n) is 3.41. The van der Waals surface area contributed by atoms with Gasteiger partial charge in [0.15, 0.2) is 0 Å². The van der Waals surface area contributed by atoms with Gasteiger partial charge in [0.05, 0.1) is 0 Å². The Morgan fingerprint density at radius 1 is 1.21 bits per heavy atom.